The number of carbonyl (C=O) groups excluding carboxylic acids is 1. The molecule has 0 aromatic heterocycles. The standard InChI is InChI=1S/C26H42O2Si/c1-7-8-9-10-11-13-18-24(19-20-28-25(27)26(2,3)4)22-29(5,6)21-23-16-14-12-15-17-23/h11-17,22H,7-10,18-21H2,1-6H3/b13-11+,24-22-. The van der Waals surface area contributed by atoms with E-state index in [-0.39, 0.29) is 5.97 Å². The molecule has 0 amide bonds. The van der Waals surface area contributed by atoms with Gasteiger partial charge in [0, 0.05) is 6.42 Å². The molecule has 3 heteroatoms. The minimum absolute atomic E-state index is 0.118. The van der Waals surface area contributed by atoms with Crippen molar-refractivity contribution in [2.24, 2.45) is 5.41 Å². The lowest BCUT2D eigenvalue weighted by Gasteiger charge is -2.21. The Balaban J connectivity index is 2.76. The van der Waals surface area contributed by atoms with Gasteiger partial charge in [-0.15, -0.1) is 0 Å². The number of carbonyl (C=O) groups is 1. The quantitative estimate of drug-likeness (QED) is 0.154. The summed E-state index contributed by atoms with van der Waals surface area (Å²) in [6.45, 7) is 13.3. The van der Waals surface area contributed by atoms with E-state index in [1.54, 1.807) is 0 Å². The topological polar surface area (TPSA) is 26.3 Å². The Morgan fingerprint density at radius 3 is 2.38 bits per heavy atom. The highest BCUT2D eigenvalue weighted by Crippen LogP contribution is 2.20. The van der Waals surface area contributed by atoms with Crippen LogP contribution in [-0.4, -0.2) is 20.7 Å². The van der Waals surface area contributed by atoms with Gasteiger partial charge >= 0.3 is 5.97 Å². The Labute approximate surface area is 180 Å². The zero-order chi connectivity index (χ0) is 21.8. The number of allylic oxidation sites excluding steroid dienone is 2. The molecule has 0 aliphatic rings. The molecule has 1 aromatic carbocycles. The number of ether oxygens (including phenoxy) is 1. The summed E-state index contributed by atoms with van der Waals surface area (Å²) in [5.41, 5.74) is 4.91. The van der Waals surface area contributed by atoms with Crippen LogP contribution < -0.4 is 0 Å². The summed E-state index contributed by atoms with van der Waals surface area (Å²) in [6, 6.07) is 11.9. The van der Waals surface area contributed by atoms with Crippen LogP contribution in [0.25, 0.3) is 0 Å². The summed E-state index contributed by atoms with van der Waals surface area (Å²) >= 11 is 0. The lowest BCUT2D eigenvalue weighted by Crippen LogP contribution is -2.28. The van der Waals surface area contributed by atoms with Gasteiger partial charge in [0.1, 0.15) is 0 Å². The summed E-state index contributed by atoms with van der Waals surface area (Å²) in [7, 11) is -1.54. The van der Waals surface area contributed by atoms with E-state index in [2.05, 4.69) is 68.2 Å². The van der Waals surface area contributed by atoms with Crippen molar-refractivity contribution in [3.8, 4) is 0 Å². The predicted octanol–water partition coefficient (Wildman–Crippen LogP) is 7.45. The van der Waals surface area contributed by atoms with Crippen molar-refractivity contribution >= 4 is 14.0 Å². The molecular formula is C26H42O2Si. The zero-order valence-electron chi connectivity index (χ0n) is 19.6. The van der Waals surface area contributed by atoms with Crippen LogP contribution >= 0.6 is 0 Å². The van der Waals surface area contributed by atoms with Gasteiger partial charge in [0.05, 0.1) is 20.1 Å². The maximum absolute atomic E-state index is 12.1. The van der Waals surface area contributed by atoms with Gasteiger partial charge < -0.3 is 4.74 Å². The van der Waals surface area contributed by atoms with Crippen molar-refractivity contribution in [2.45, 2.75) is 85.4 Å². The van der Waals surface area contributed by atoms with Gasteiger partial charge in [-0.05, 0) is 46.1 Å². The molecule has 0 aliphatic carbocycles. The average molecular weight is 415 g/mol. The van der Waals surface area contributed by atoms with Crippen molar-refractivity contribution in [1.82, 2.24) is 0 Å². The van der Waals surface area contributed by atoms with Crippen molar-refractivity contribution in [3.63, 3.8) is 0 Å². The van der Waals surface area contributed by atoms with Gasteiger partial charge in [0.25, 0.3) is 0 Å². The molecule has 29 heavy (non-hydrogen) atoms. The second kappa shape index (κ2) is 12.8. The largest absolute Gasteiger partial charge is 0.465 e. The Bertz CT molecular complexity index is 651. The van der Waals surface area contributed by atoms with E-state index < -0.39 is 13.5 Å². The predicted molar refractivity (Wildman–Crippen MR) is 129 cm³/mol. The van der Waals surface area contributed by atoms with Gasteiger partial charge in [-0.1, -0.05) is 92.2 Å². The molecule has 0 bridgehead atoms. The minimum Gasteiger partial charge on any atom is -0.465 e. The van der Waals surface area contributed by atoms with Crippen molar-refractivity contribution in [2.75, 3.05) is 6.61 Å². The third-order valence-electron chi connectivity index (χ3n) is 4.89. The lowest BCUT2D eigenvalue weighted by atomic mass is 9.97. The smallest absolute Gasteiger partial charge is 0.311 e. The van der Waals surface area contributed by atoms with Crippen LogP contribution in [0.2, 0.25) is 13.1 Å². The van der Waals surface area contributed by atoms with E-state index in [0.29, 0.717) is 6.61 Å². The van der Waals surface area contributed by atoms with Crippen molar-refractivity contribution < 1.29 is 9.53 Å². The van der Waals surface area contributed by atoms with E-state index in [1.807, 2.05) is 20.8 Å². The number of esters is 1. The summed E-state index contributed by atoms with van der Waals surface area (Å²) in [6.07, 6.45) is 11.4. The van der Waals surface area contributed by atoms with E-state index in [9.17, 15) is 4.79 Å². The fourth-order valence-corrected chi connectivity index (χ4v) is 6.07. The number of hydrogen-bond acceptors (Lipinski definition) is 2. The maximum atomic E-state index is 12.1. The molecule has 1 rings (SSSR count). The Kier molecular flexibility index (Phi) is 11.3. The molecular weight excluding hydrogens is 372 g/mol. The molecule has 0 heterocycles. The third-order valence-corrected chi connectivity index (χ3v) is 7.40. The number of benzene rings is 1. The minimum atomic E-state index is -1.54. The summed E-state index contributed by atoms with van der Waals surface area (Å²) < 4.78 is 5.54. The molecule has 0 saturated carbocycles. The molecule has 2 nitrogen and oxygen atoms in total. The molecule has 0 radical (unpaired) electrons. The van der Waals surface area contributed by atoms with Crippen molar-refractivity contribution in [1.29, 1.82) is 0 Å². The molecule has 0 fully saturated rings. The molecule has 1 aromatic rings. The first-order valence-corrected chi connectivity index (χ1v) is 14.5. The van der Waals surface area contributed by atoms with E-state index in [4.69, 9.17) is 4.74 Å². The highest BCUT2D eigenvalue weighted by Gasteiger charge is 2.23. The van der Waals surface area contributed by atoms with E-state index >= 15 is 0 Å². The average Bonchev–Trinajstić information content (AvgIpc) is 2.63. The van der Waals surface area contributed by atoms with Gasteiger partial charge in [-0.25, -0.2) is 0 Å². The summed E-state index contributed by atoms with van der Waals surface area (Å²) in [5, 5.41) is 0. The Hall–Kier alpha value is -1.61. The van der Waals surface area contributed by atoms with Crippen LogP contribution in [0.3, 0.4) is 0 Å². The first kappa shape index (κ1) is 25.4. The van der Waals surface area contributed by atoms with Crippen molar-refractivity contribution in [3.05, 3.63) is 59.3 Å². The molecule has 0 saturated heterocycles. The Morgan fingerprint density at radius 1 is 1.07 bits per heavy atom. The van der Waals surface area contributed by atoms with Gasteiger partial charge in [0.2, 0.25) is 0 Å². The summed E-state index contributed by atoms with van der Waals surface area (Å²) in [4.78, 5) is 12.1. The number of rotatable bonds is 12. The monoisotopic (exact) mass is 414 g/mol. The van der Waals surface area contributed by atoms with E-state index in [1.165, 1.54) is 30.4 Å². The summed E-state index contributed by atoms with van der Waals surface area (Å²) in [5.74, 6) is -0.118. The molecule has 162 valence electrons. The molecule has 0 aliphatic heterocycles. The second-order valence-electron chi connectivity index (χ2n) is 9.76. The van der Waals surface area contributed by atoms with Crippen LogP contribution in [0.5, 0.6) is 0 Å². The van der Waals surface area contributed by atoms with Crippen LogP contribution in [0, 0.1) is 5.41 Å². The highest BCUT2D eigenvalue weighted by molar-refractivity contribution is 6.81. The zero-order valence-corrected chi connectivity index (χ0v) is 20.6. The molecule has 0 atom stereocenters. The number of hydrogen-bond donors (Lipinski definition) is 0. The van der Waals surface area contributed by atoms with Crippen LogP contribution in [-0.2, 0) is 15.6 Å². The van der Waals surface area contributed by atoms with Gasteiger partial charge in [0.15, 0.2) is 0 Å². The normalized spacial score (nSPS) is 13.1. The highest BCUT2D eigenvalue weighted by atomic mass is 28.3. The first-order chi connectivity index (χ1) is 13.6. The fourth-order valence-electron chi connectivity index (χ4n) is 3.31. The van der Waals surface area contributed by atoms with Gasteiger partial charge in [-0.2, -0.15) is 0 Å². The molecule has 0 unspecified atom stereocenters. The van der Waals surface area contributed by atoms with Gasteiger partial charge in [-0.3, -0.25) is 4.79 Å². The third kappa shape index (κ3) is 11.9. The van der Waals surface area contributed by atoms with Crippen LogP contribution in [0.1, 0.15) is 71.8 Å². The number of unbranched alkanes of at least 4 members (excludes halogenated alkanes) is 3. The fraction of sp³-hybridized carbons (Fsp3) is 0.577. The van der Waals surface area contributed by atoms with Crippen LogP contribution in [0.15, 0.2) is 53.8 Å². The first-order valence-electron chi connectivity index (χ1n) is 11.2. The maximum Gasteiger partial charge on any atom is 0.311 e. The van der Waals surface area contributed by atoms with E-state index in [0.717, 1.165) is 25.3 Å². The SMILES string of the molecule is CCCCC/C=C/C/C(=C/[Si](C)(C)Cc1ccccc1)CCOC(=O)C(C)(C)C. The Morgan fingerprint density at radius 2 is 1.76 bits per heavy atom. The molecule has 0 N–H and O–H groups in total. The molecule has 0 spiro atoms. The van der Waals surface area contributed by atoms with Crippen LogP contribution in [0.4, 0.5) is 0 Å². The lowest BCUT2D eigenvalue weighted by molar-refractivity contribution is -0.152. The second-order valence-corrected chi connectivity index (χ2v) is 14.4.